The zero-order valence-electron chi connectivity index (χ0n) is 20.8. The fourth-order valence-electron chi connectivity index (χ4n) is 3.85. The molecule has 0 bridgehead atoms. The summed E-state index contributed by atoms with van der Waals surface area (Å²) in [5, 5.41) is 11.4. The number of rotatable bonds is 7. The van der Waals surface area contributed by atoms with Gasteiger partial charge in [-0.2, -0.15) is 5.10 Å². The van der Waals surface area contributed by atoms with Crippen LogP contribution in [0.25, 0.3) is 22.4 Å². The molecule has 0 spiro atoms. The SMILES string of the molecule is COc1cc(NC(=O)c2ccc(C)c(Nc3nc(-c4cccnc4)nc4c3cnn4C)c2)cc(OC)c1. The molecule has 37 heavy (non-hydrogen) atoms. The van der Waals surface area contributed by atoms with E-state index in [-0.39, 0.29) is 5.91 Å². The van der Waals surface area contributed by atoms with E-state index in [2.05, 4.69) is 25.7 Å². The first kappa shape index (κ1) is 23.7. The number of fused-ring (bicyclic) bond motifs is 1. The van der Waals surface area contributed by atoms with E-state index >= 15 is 0 Å². The first-order chi connectivity index (χ1) is 17.9. The number of aryl methyl sites for hydroxylation is 2. The minimum Gasteiger partial charge on any atom is -0.497 e. The van der Waals surface area contributed by atoms with Crippen molar-refractivity contribution < 1.29 is 14.3 Å². The van der Waals surface area contributed by atoms with Crippen molar-refractivity contribution in [3.05, 3.63) is 78.2 Å². The summed E-state index contributed by atoms with van der Waals surface area (Å²) >= 11 is 0. The molecule has 0 saturated heterocycles. The maximum Gasteiger partial charge on any atom is 0.255 e. The summed E-state index contributed by atoms with van der Waals surface area (Å²) in [5.74, 6) is 1.98. The highest BCUT2D eigenvalue weighted by Gasteiger charge is 2.16. The van der Waals surface area contributed by atoms with Gasteiger partial charge in [0.25, 0.3) is 5.91 Å². The lowest BCUT2D eigenvalue weighted by Gasteiger charge is -2.14. The Labute approximate surface area is 213 Å². The average Bonchev–Trinajstić information content (AvgIpc) is 3.30. The van der Waals surface area contributed by atoms with E-state index in [0.717, 1.165) is 22.2 Å². The standard InChI is InChI=1S/C27H25N7O3/c1-16-7-8-17(27(35)30-19-11-20(36-3)13-21(12-19)37-4)10-23(16)31-25-22-15-29-34(2)26(22)33-24(32-25)18-6-5-9-28-14-18/h5-15H,1-4H3,(H,30,35)(H,31,32,33). The van der Waals surface area contributed by atoms with Gasteiger partial charge in [0.1, 0.15) is 17.3 Å². The number of amides is 1. The Morgan fingerprint density at radius 2 is 1.76 bits per heavy atom. The molecule has 0 aliphatic heterocycles. The Bertz CT molecular complexity index is 1580. The van der Waals surface area contributed by atoms with Gasteiger partial charge in [0.15, 0.2) is 11.5 Å². The number of ether oxygens (including phenoxy) is 2. The number of nitrogens with zero attached hydrogens (tertiary/aromatic N) is 5. The molecule has 0 unspecified atom stereocenters. The van der Waals surface area contributed by atoms with Crippen molar-refractivity contribution in [2.45, 2.75) is 6.92 Å². The molecule has 0 fully saturated rings. The van der Waals surface area contributed by atoms with E-state index < -0.39 is 0 Å². The van der Waals surface area contributed by atoms with Gasteiger partial charge >= 0.3 is 0 Å². The molecule has 0 aliphatic rings. The third-order valence-corrected chi connectivity index (χ3v) is 5.87. The molecule has 10 heteroatoms. The van der Waals surface area contributed by atoms with Gasteiger partial charge in [-0.15, -0.1) is 0 Å². The number of carbonyl (C=O) groups is 1. The monoisotopic (exact) mass is 495 g/mol. The predicted molar refractivity (Wildman–Crippen MR) is 141 cm³/mol. The minimum atomic E-state index is -0.274. The smallest absolute Gasteiger partial charge is 0.255 e. The van der Waals surface area contributed by atoms with Gasteiger partial charge in [0.05, 0.1) is 25.8 Å². The van der Waals surface area contributed by atoms with Gasteiger partial charge in [-0.25, -0.2) is 9.97 Å². The second-order valence-electron chi connectivity index (χ2n) is 8.35. The van der Waals surface area contributed by atoms with E-state index in [1.165, 1.54) is 0 Å². The van der Waals surface area contributed by atoms with Gasteiger partial charge in [0, 0.05) is 60.1 Å². The van der Waals surface area contributed by atoms with Gasteiger partial charge in [-0.05, 0) is 36.8 Å². The van der Waals surface area contributed by atoms with Crippen LogP contribution in [0.4, 0.5) is 17.2 Å². The molecule has 10 nitrogen and oxygen atoms in total. The summed E-state index contributed by atoms with van der Waals surface area (Å²) in [6.07, 6.45) is 5.13. The van der Waals surface area contributed by atoms with Gasteiger partial charge < -0.3 is 20.1 Å². The highest BCUT2D eigenvalue weighted by atomic mass is 16.5. The Morgan fingerprint density at radius 1 is 0.973 bits per heavy atom. The highest BCUT2D eigenvalue weighted by Crippen LogP contribution is 2.30. The fraction of sp³-hybridized carbons (Fsp3) is 0.148. The number of hydrogen-bond acceptors (Lipinski definition) is 8. The Balaban J connectivity index is 1.48. The summed E-state index contributed by atoms with van der Waals surface area (Å²) in [7, 11) is 4.95. The van der Waals surface area contributed by atoms with Crippen LogP contribution >= 0.6 is 0 Å². The van der Waals surface area contributed by atoms with Gasteiger partial charge in [-0.3, -0.25) is 14.5 Å². The third-order valence-electron chi connectivity index (χ3n) is 5.87. The Kier molecular flexibility index (Phi) is 6.38. The molecule has 0 radical (unpaired) electrons. The second-order valence-corrected chi connectivity index (χ2v) is 8.35. The molecule has 1 amide bonds. The average molecular weight is 496 g/mol. The molecular formula is C27H25N7O3. The van der Waals surface area contributed by atoms with E-state index in [1.54, 1.807) is 67.8 Å². The molecule has 3 aromatic heterocycles. The van der Waals surface area contributed by atoms with Gasteiger partial charge in [-0.1, -0.05) is 6.07 Å². The first-order valence-corrected chi connectivity index (χ1v) is 11.5. The molecule has 0 atom stereocenters. The molecule has 2 N–H and O–H groups in total. The lowest BCUT2D eigenvalue weighted by Crippen LogP contribution is -2.12. The zero-order valence-corrected chi connectivity index (χ0v) is 20.8. The van der Waals surface area contributed by atoms with Gasteiger partial charge in [0.2, 0.25) is 0 Å². The zero-order chi connectivity index (χ0) is 25.9. The number of nitrogens with one attached hydrogen (secondary N) is 2. The van der Waals surface area contributed by atoms with Crippen molar-refractivity contribution in [1.29, 1.82) is 0 Å². The van der Waals surface area contributed by atoms with Crippen LogP contribution in [0.5, 0.6) is 11.5 Å². The maximum atomic E-state index is 13.1. The van der Waals surface area contributed by atoms with E-state index in [9.17, 15) is 4.79 Å². The van der Waals surface area contributed by atoms with Crippen molar-refractivity contribution in [1.82, 2.24) is 24.7 Å². The van der Waals surface area contributed by atoms with Crippen LogP contribution < -0.4 is 20.1 Å². The lowest BCUT2D eigenvalue weighted by atomic mass is 10.1. The molecule has 0 saturated carbocycles. The van der Waals surface area contributed by atoms with E-state index in [4.69, 9.17) is 14.5 Å². The van der Waals surface area contributed by atoms with Crippen molar-refractivity contribution in [2.75, 3.05) is 24.9 Å². The van der Waals surface area contributed by atoms with Crippen LogP contribution in [0.1, 0.15) is 15.9 Å². The molecule has 5 aromatic rings. The maximum absolute atomic E-state index is 13.1. The Hall–Kier alpha value is -4.99. The number of hydrogen-bond donors (Lipinski definition) is 2. The van der Waals surface area contributed by atoms with Crippen LogP contribution in [0.2, 0.25) is 0 Å². The highest BCUT2D eigenvalue weighted by molar-refractivity contribution is 6.05. The van der Waals surface area contributed by atoms with Crippen LogP contribution in [-0.4, -0.2) is 44.9 Å². The fourth-order valence-corrected chi connectivity index (χ4v) is 3.85. The molecule has 3 heterocycles. The summed E-state index contributed by atoms with van der Waals surface area (Å²) in [5.41, 5.74) is 4.17. The van der Waals surface area contributed by atoms with Crippen LogP contribution in [0.3, 0.4) is 0 Å². The van der Waals surface area contributed by atoms with Crippen molar-refractivity contribution in [3.63, 3.8) is 0 Å². The minimum absolute atomic E-state index is 0.274. The van der Waals surface area contributed by atoms with E-state index in [0.29, 0.717) is 40.0 Å². The first-order valence-electron chi connectivity index (χ1n) is 11.5. The number of methoxy groups -OCH3 is 2. The van der Waals surface area contributed by atoms with Crippen molar-refractivity contribution >= 4 is 34.1 Å². The third kappa shape index (κ3) is 4.90. The summed E-state index contributed by atoms with van der Waals surface area (Å²) in [4.78, 5) is 26.7. The largest absolute Gasteiger partial charge is 0.497 e. The predicted octanol–water partition coefficient (Wildman–Crippen LogP) is 4.75. The topological polar surface area (TPSA) is 116 Å². The molecule has 0 aliphatic carbocycles. The summed E-state index contributed by atoms with van der Waals surface area (Å²) < 4.78 is 12.3. The van der Waals surface area contributed by atoms with Crippen LogP contribution in [-0.2, 0) is 7.05 Å². The Morgan fingerprint density at radius 3 is 2.46 bits per heavy atom. The van der Waals surface area contributed by atoms with Crippen molar-refractivity contribution in [3.8, 4) is 22.9 Å². The summed E-state index contributed by atoms with van der Waals surface area (Å²) in [6, 6.07) is 14.4. The summed E-state index contributed by atoms with van der Waals surface area (Å²) in [6.45, 7) is 1.96. The number of aromatic nitrogens is 5. The van der Waals surface area contributed by atoms with E-state index in [1.807, 2.05) is 32.2 Å². The van der Waals surface area contributed by atoms with Crippen LogP contribution in [0.15, 0.2) is 67.1 Å². The number of carbonyl (C=O) groups excluding carboxylic acids is 1. The molecule has 186 valence electrons. The second kappa shape index (κ2) is 9.94. The quantitative estimate of drug-likeness (QED) is 0.332. The molecule has 5 rings (SSSR count). The van der Waals surface area contributed by atoms with Crippen LogP contribution in [0, 0.1) is 6.92 Å². The normalized spacial score (nSPS) is 10.8. The number of pyridine rings is 1. The molecular weight excluding hydrogens is 470 g/mol. The molecule has 2 aromatic carbocycles. The lowest BCUT2D eigenvalue weighted by molar-refractivity contribution is 0.102. The number of anilines is 3. The van der Waals surface area contributed by atoms with Crippen molar-refractivity contribution in [2.24, 2.45) is 7.05 Å². The number of benzene rings is 2.